The predicted octanol–water partition coefficient (Wildman–Crippen LogP) is 2.00. The standard InChI is InChI=1S/C13H23N5/c1-6-10(7-2)18(5)13-11(12(14)15)8(3)9(4)16-17-13/h10H,6-7H2,1-5H3,(H3,14,15). The number of anilines is 1. The van der Waals surface area contributed by atoms with E-state index in [1.165, 1.54) is 0 Å². The van der Waals surface area contributed by atoms with E-state index in [-0.39, 0.29) is 5.84 Å². The SMILES string of the molecule is CCC(CC)N(C)c1nnc(C)c(C)c1C(=N)N. The number of aryl methyl sites for hydroxylation is 1. The van der Waals surface area contributed by atoms with Crippen molar-refractivity contribution in [1.29, 1.82) is 5.41 Å². The molecule has 100 valence electrons. The van der Waals surface area contributed by atoms with Crippen LogP contribution in [0.2, 0.25) is 0 Å². The van der Waals surface area contributed by atoms with Crippen molar-refractivity contribution in [3.05, 3.63) is 16.8 Å². The van der Waals surface area contributed by atoms with E-state index in [1.807, 2.05) is 20.9 Å². The Kier molecular flexibility index (Phi) is 4.64. The molecule has 5 nitrogen and oxygen atoms in total. The van der Waals surface area contributed by atoms with Gasteiger partial charge in [0, 0.05) is 13.1 Å². The molecule has 0 fully saturated rings. The molecule has 0 spiro atoms. The van der Waals surface area contributed by atoms with E-state index in [9.17, 15) is 0 Å². The molecule has 0 saturated heterocycles. The summed E-state index contributed by atoms with van der Waals surface area (Å²) in [5.74, 6) is 0.762. The summed E-state index contributed by atoms with van der Waals surface area (Å²) in [6, 6.07) is 0.388. The monoisotopic (exact) mass is 249 g/mol. The third-order valence-corrected chi connectivity index (χ3v) is 3.53. The van der Waals surface area contributed by atoms with Gasteiger partial charge in [-0.2, -0.15) is 5.10 Å². The van der Waals surface area contributed by atoms with Crippen molar-refractivity contribution in [2.75, 3.05) is 11.9 Å². The van der Waals surface area contributed by atoms with Crippen molar-refractivity contribution in [2.24, 2.45) is 5.73 Å². The number of nitrogens with one attached hydrogen (secondary N) is 1. The first kappa shape index (κ1) is 14.4. The molecule has 1 heterocycles. The van der Waals surface area contributed by atoms with Crippen molar-refractivity contribution >= 4 is 11.7 Å². The van der Waals surface area contributed by atoms with E-state index in [1.54, 1.807) is 0 Å². The molecule has 1 aromatic heterocycles. The fraction of sp³-hybridized carbons (Fsp3) is 0.615. The van der Waals surface area contributed by atoms with E-state index in [4.69, 9.17) is 11.1 Å². The minimum Gasteiger partial charge on any atom is -0.384 e. The van der Waals surface area contributed by atoms with Gasteiger partial charge in [-0.05, 0) is 32.3 Å². The van der Waals surface area contributed by atoms with Gasteiger partial charge in [-0.15, -0.1) is 5.10 Å². The lowest BCUT2D eigenvalue weighted by Crippen LogP contribution is -2.34. The van der Waals surface area contributed by atoms with Gasteiger partial charge in [-0.1, -0.05) is 13.8 Å². The molecule has 0 aliphatic rings. The van der Waals surface area contributed by atoms with Crippen LogP contribution in [-0.4, -0.2) is 29.1 Å². The van der Waals surface area contributed by atoms with Gasteiger partial charge < -0.3 is 10.6 Å². The Morgan fingerprint density at radius 2 is 1.83 bits per heavy atom. The topological polar surface area (TPSA) is 78.9 Å². The molecular formula is C13H23N5. The maximum absolute atomic E-state index is 7.75. The van der Waals surface area contributed by atoms with Gasteiger partial charge in [-0.25, -0.2) is 0 Å². The molecule has 1 rings (SSSR count). The Hall–Kier alpha value is -1.65. The second-order valence-electron chi connectivity index (χ2n) is 4.60. The van der Waals surface area contributed by atoms with Gasteiger partial charge in [-0.3, -0.25) is 5.41 Å². The summed E-state index contributed by atoms with van der Waals surface area (Å²) in [7, 11) is 1.99. The van der Waals surface area contributed by atoms with Crippen molar-refractivity contribution in [3.8, 4) is 0 Å². The van der Waals surface area contributed by atoms with Crippen LogP contribution in [-0.2, 0) is 0 Å². The molecule has 3 N–H and O–H groups in total. The molecule has 0 bridgehead atoms. The average molecular weight is 249 g/mol. The molecule has 5 heteroatoms. The number of hydrogen-bond acceptors (Lipinski definition) is 4. The molecule has 0 amide bonds. The zero-order valence-electron chi connectivity index (χ0n) is 11.9. The van der Waals surface area contributed by atoms with Gasteiger partial charge in [0.05, 0.1) is 11.3 Å². The highest BCUT2D eigenvalue weighted by Gasteiger charge is 2.20. The van der Waals surface area contributed by atoms with Crippen molar-refractivity contribution in [2.45, 2.75) is 46.6 Å². The molecule has 1 aromatic rings. The lowest BCUT2D eigenvalue weighted by molar-refractivity contribution is 0.583. The number of nitrogens with zero attached hydrogens (tertiary/aromatic N) is 3. The van der Waals surface area contributed by atoms with Crippen LogP contribution in [0.25, 0.3) is 0 Å². The van der Waals surface area contributed by atoms with E-state index >= 15 is 0 Å². The van der Waals surface area contributed by atoms with Crippen molar-refractivity contribution < 1.29 is 0 Å². The van der Waals surface area contributed by atoms with Gasteiger partial charge in [0.2, 0.25) is 0 Å². The average Bonchev–Trinajstić information content (AvgIpc) is 2.33. The number of nitrogen functional groups attached to an aromatic ring is 1. The predicted molar refractivity (Wildman–Crippen MR) is 75.3 cm³/mol. The summed E-state index contributed by atoms with van der Waals surface area (Å²) in [4.78, 5) is 2.08. The molecule has 0 aliphatic heterocycles. The van der Waals surface area contributed by atoms with E-state index < -0.39 is 0 Å². The molecule has 0 unspecified atom stereocenters. The number of nitrogens with two attached hydrogens (primary N) is 1. The summed E-state index contributed by atoms with van der Waals surface area (Å²) < 4.78 is 0. The molecule has 0 radical (unpaired) electrons. The van der Waals surface area contributed by atoms with Crippen LogP contribution in [0.15, 0.2) is 0 Å². The molecular weight excluding hydrogens is 226 g/mol. The lowest BCUT2D eigenvalue weighted by atomic mass is 10.1. The second kappa shape index (κ2) is 5.80. The van der Waals surface area contributed by atoms with Gasteiger partial charge in [0.25, 0.3) is 0 Å². The Labute approximate surface area is 109 Å². The largest absolute Gasteiger partial charge is 0.384 e. The Morgan fingerprint density at radius 1 is 1.28 bits per heavy atom. The van der Waals surface area contributed by atoms with Crippen LogP contribution in [0, 0.1) is 19.3 Å². The van der Waals surface area contributed by atoms with Crippen LogP contribution < -0.4 is 10.6 Å². The summed E-state index contributed by atoms with van der Waals surface area (Å²) in [5, 5.41) is 16.1. The van der Waals surface area contributed by atoms with E-state index in [2.05, 4.69) is 28.9 Å². The zero-order chi connectivity index (χ0) is 13.9. The van der Waals surface area contributed by atoms with Gasteiger partial charge in [0.15, 0.2) is 5.82 Å². The maximum atomic E-state index is 7.75. The van der Waals surface area contributed by atoms with Gasteiger partial charge >= 0.3 is 0 Å². The second-order valence-corrected chi connectivity index (χ2v) is 4.60. The third-order valence-electron chi connectivity index (χ3n) is 3.53. The summed E-state index contributed by atoms with van der Waals surface area (Å²) in [6.07, 6.45) is 2.05. The molecule has 0 aromatic carbocycles. The molecule has 0 aliphatic carbocycles. The van der Waals surface area contributed by atoms with Crippen LogP contribution in [0.1, 0.15) is 43.5 Å². The summed E-state index contributed by atoms with van der Waals surface area (Å²) >= 11 is 0. The maximum Gasteiger partial charge on any atom is 0.162 e. The molecule has 0 atom stereocenters. The summed E-state index contributed by atoms with van der Waals surface area (Å²) in [6.45, 7) is 8.11. The number of rotatable bonds is 5. The van der Waals surface area contributed by atoms with Crippen LogP contribution in [0.5, 0.6) is 0 Å². The Bertz CT molecular complexity index is 437. The van der Waals surface area contributed by atoms with E-state index in [0.717, 1.165) is 24.1 Å². The van der Waals surface area contributed by atoms with Crippen LogP contribution >= 0.6 is 0 Å². The fourth-order valence-electron chi connectivity index (χ4n) is 2.17. The molecule has 18 heavy (non-hydrogen) atoms. The normalized spacial score (nSPS) is 10.8. The first-order chi connectivity index (χ1) is 8.43. The number of amidine groups is 1. The Morgan fingerprint density at radius 3 is 2.28 bits per heavy atom. The molecule has 0 saturated carbocycles. The van der Waals surface area contributed by atoms with Crippen LogP contribution in [0.4, 0.5) is 5.82 Å². The highest BCUT2D eigenvalue weighted by Crippen LogP contribution is 2.23. The quantitative estimate of drug-likeness (QED) is 0.618. The number of hydrogen-bond donors (Lipinski definition) is 2. The van der Waals surface area contributed by atoms with Crippen molar-refractivity contribution in [3.63, 3.8) is 0 Å². The van der Waals surface area contributed by atoms with Crippen molar-refractivity contribution in [1.82, 2.24) is 10.2 Å². The van der Waals surface area contributed by atoms with Crippen LogP contribution in [0.3, 0.4) is 0 Å². The Balaban J connectivity index is 3.32. The zero-order valence-corrected chi connectivity index (χ0v) is 11.9. The first-order valence-electron chi connectivity index (χ1n) is 6.35. The fourth-order valence-corrected chi connectivity index (χ4v) is 2.17. The van der Waals surface area contributed by atoms with E-state index in [0.29, 0.717) is 17.4 Å². The first-order valence-corrected chi connectivity index (χ1v) is 6.35. The number of aromatic nitrogens is 2. The smallest absolute Gasteiger partial charge is 0.162 e. The summed E-state index contributed by atoms with van der Waals surface area (Å²) in [5.41, 5.74) is 8.16. The third kappa shape index (κ3) is 2.60. The lowest BCUT2D eigenvalue weighted by Gasteiger charge is -2.29. The minimum atomic E-state index is 0.0540. The highest BCUT2D eigenvalue weighted by atomic mass is 15.3. The minimum absolute atomic E-state index is 0.0540. The van der Waals surface area contributed by atoms with Gasteiger partial charge in [0.1, 0.15) is 5.84 Å². The highest BCUT2D eigenvalue weighted by molar-refractivity contribution is 6.01.